The average Bonchev–Trinajstić information content (AvgIpc) is 2.17. The number of rotatable bonds is 0. The minimum absolute atomic E-state index is 0.121. The molecule has 0 saturated carbocycles. The van der Waals surface area contributed by atoms with Gasteiger partial charge in [0.15, 0.2) is 11.6 Å². The van der Waals surface area contributed by atoms with E-state index in [9.17, 15) is 9.59 Å². The zero-order chi connectivity index (χ0) is 9.98. The van der Waals surface area contributed by atoms with Crippen molar-refractivity contribution in [2.24, 2.45) is 0 Å². The van der Waals surface area contributed by atoms with E-state index < -0.39 is 0 Å². The van der Waals surface area contributed by atoms with E-state index in [-0.39, 0.29) is 11.6 Å². The number of carbonyl (C=O) groups is 2. The van der Waals surface area contributed by atoms with Crippen LogP contribution in [0.3, 0.4) is 0 Å². The van der Waals surface area contributed by atoms with Gasteiger partial charge < -0.3 is 10.2 Å². The maximum Gasteiger partial charge on any atom is 0.178 e. The Balaban J connectivity index is 0. The fourth-order valence-electron chi connectivity index (χ4n) is 0.440. The largest absolute Gasteiger partial charge is 0.400 e. The Morgan fingerprint density at radius 1 is 0.750 bits per heavy atom. The van der Waals surface area contributed by atoms with E-state index in [0.29, 0.717) is 0 Å². The normalized spacial score (nSPS) is 12.7. The summed E-state index contributed by atoms with van der Waals surface area (Å²) in [4.78, 5) is 20.6. The summed E-state index contributed by atoms with van der Waals surface area (Å²) < 4.78 is 0. The summed E-state index contributed by atoms with van der Waals surface area (Å²) in [6.45, 7) is 0. The second-order valence-electron chi connectivity index (χ2n) is 1.47. The van der Waals surface area contributed by atoms with Gasteiger partial charge in [0.2, 0.25) is 0 Å². The maximum atomic E-state index is 10.3. The second-order valence-corrected chi connectivity index (χ2v) is 1.47. The molecule has 0 heterocycles. The van der Waals surface area contributed by atoms with E-state index in [2.05, 4.69) is 0 Å². The van der Waals surface area contributed by atoms with Crippen LogP contribution in [-0.2, 0) is 9.59 Å². The number of hydrogen-bond acceptors (Lipinski definition) is 4. The molecule has 0 atom stereocenters. The van der Waals surface area contributed by atoms with Crippen LogP contribution >= 0.6 is 0 Å². The second kappa shape index (κ2) is 9.74. The Hall–Kier alpha value is -1.26. The van der Waals surface area contributed by atoms with Crippen LogP contribution in [0.1, 0.15) is 0 Å². The van der Waals surface area contributed by atoms with Crippen LogP contribution < -0.4 is 0 Å². The van der Waals surface area contributed by atoms with E-state index in [1.807, 2.05) is 0 Å². The highest BCUT2D eigenvalue weighted by Crippen LogP contribution is 1.90. The van der Waals surface area contributed by atoms with Crippen molar-refractivity contribution in [1.82, 2.24) is 0 Å². The maximum absolute atomic E-state index is 10.3. The first-order chi connectivity index (χ1) is 5.79. The molecule has 0 spiro atoms. The van der Waals surface area contributed by atoms with Gasteiger partial charge in [-0.2, -0.15) is 0 Å². The van der Waals surface area contributed by atoms with E-state index in [0.717, 1.165) is 14.2 Å². The van der Waals surface area contributed by atoms with E-state index >= 15 is 0 Å². The van der Waals surface area contributed by atoms with Crippen molar-refractivity contribution < 1.29 is 19.8 Å². The summed E-state index contributed by atoms with van der Waals surface area (Å²) in [5.74, 6) is -0.241. The number of hydrogen-bond donors (Lipinski definition) is 2. The predicted octanol–water partition coefficient (Wildman–Crippen LogP) is -0.532. The van der Waals surface area contributed by atoms with Crippen molar-refractivity contribution in [2.75, 3.05) is 14.2 Å². The van der Waals surface area contributed by atoms with Gasteiger partial charge in [0.25, 0.3) is 0 Å². The van der Waals surface area contributed by atoms with Gasteiger partial charge in [-0.15, -0.1) is 0 Å². The van der Waals surface area contributed by atoms with Crippen molar-refractivity contribution in [2.45, 2.75) is 0 Å². The average molecular weight is 172 g/mol. The lowest BCUT2D eigenvalue weighted by atomic mass is 10.2. The molecule has 0 aromatic carbocycles. The third-order valence-electron chi connectivity index (χ3n) is 0.824. The van der Waals surface area contributed by atoms with Crippen LogP contribution in [0.25, 0.3) is 0 Å². The summed E-state index contributed by atoms with van der Waals surface area (Å²) in [7, 11) is 2.00. The zero-order valence-corrected chi connectivity index (χ0v) is 7.02. The summed E-state index contributed by atoms with van der Waals surface area (Å²) in [5.41, 5.74) is 0. The van der Waals surface area contributed by atoms with Crippen molar-refractivity contribution in [3.63, 3.8) is 0 Å². The fourth-order valence-corrected chi connectivity index (χ4v) is 0.440. The number of aliphatic hydroxyl groups excluding tert-OH is 2. The molecule has 0 aromatic rings. The number of carbonyl (C=O) groups excluding carboxylic acids is 2. The van der Waals surface area contributed by atoms with Gasteiger partial charge in [-0.1, -0.05) is 0 Å². The van der Waals surface area contributed by atoms with Gasteiger partial charge in [-0.05, 0) is 24.3 Å². The molecule has 0 aliphatic heterocycles. The summed E-state index contributed by atoms with van der Waals surface area (Å²) in [6, 6.07) is 0. The third kappa shape index (κ3) is 6.85. The lowest BCUT2D eigenvalue weighted by Crippen LogP contribution is -1.97. The predicted molar refractivity (Wildman–Crippen MR) is 44.6 cm³/mol. The van der Waals surface area contributed by atoms with E-state index in [1.54, 1.807) is 0 Å². The van der Waals surface area contributed by atoms with Gasteiger partial charge in [-0.3, -0.25) is 9.59 Å². The van der Waals surface area contributed by atoms with Gasteiger partial charge in [0, 0.05) is 14.2 Å². The molecule has 4 nitrogen and oxygen atoms in total. The first kappa shape index (κ1) is 13.3. The van der Waals surface area contributed by atoms with E-state index in [1.165, 1.54) is 24.3 Å². The molecule has 0 radical (unpaired) electrons. The van der Waals surface area contributed by atoms with Crippen LogP contribution in [0.2, 0.25) is 0 Å². The molecule has 0 bridgehead atoms. The quantitative estimate of drug-likeness (QED) is 0.481. The van der Waals surface area contributed by atoms with Crippen LogP contribution in [0.15, 0.2) is 24.3 Å². The lowest BCUT2D eigenvalue weighted by Gasteiger charge is -1.87. The molecule has 0 fully saturated rings. The third-order valence-corrected chi connectivity index (χ3v) is 0.824. The molecule has 0 saturated heterocycles. The smallest absolute Gasteiger partial charge is 0.178 e. The molecule has 12 heavy (non-hydrogen) atoms. The molecule has 4 heteroatoms. The van der Waals surface area contributed by atoms with Crippen LogP contribution in [-0.4, -0.2) is 36.0 Å². The molecule has 0 amide bonds. The Kier molecular flexibility index (Phi) is 10.8. The van der Waals surface area contributed by atoms with Gasteiger partial charge in [0.05, 0.1) is 0 Å². The molecule has 68 valence electrons. The number of ketones is 2. The Bertz CT molecular complexity index is 153. The molecular formula is C8H12O4. The molecular weight excluding hydrogens is 160 g/mol. The summed E-state index contributed by atoms with van der Waals surface area (Å²) >= 11 is 0. The highest BCUT2D eigenvalue weighted by molar-refractivity contribution is 6.14. The standard InChI is InChI=1S/C6H4O2.2CH4O/c7-5-1-2-6(8)4-3-5;2*1-2/h1-4H;2*2H,1H3. The zero-order valence-electron chi connectivity index (χ0n) is 7.02. The molecule has 1 rings (SSSR count). The minimum atomic E-state index is -0.121. The van der Waals surface area contributed by atoms with Crippen molar-refractivity contribution >= 4 is 11.6 Å². The molecule has 1 aliphatic rings. The van der Waals surface area contributed by atoms with Crippen molar-refractivity contribution in [3.8, 4) is 0 Å². The first-order valence-electron chi connectivity index (χ1n) is 3.12. The monoisotopic (exact) mass is 172 g/mol. The molecule has 0 unspecified atom stereocenters. The summed E-state index contributed by atoms with van der Waals surface area (Å²) in [5, 5.41) is 14.0. The number of aliphatic hydroxyl groups is 2. The Morgan fingerprint density at radius 2 is 0.917 bits per heavy atom. The van der Waals surface area contributed by atoms with Crippen LogP contribution in [0.5, 0.6) is 0 Å². The van der Waals surface area contributed by atoms with Crippen LogP contribution in [0, 0.1) is 0 Å². The molecule has 2 N–H and O–H groups in total. The van der Waals surface area contributed by atoms with Crippen molar-refractivity contribution in [1.29, 1.82) is 0 Å². The fraction of sp³-hybridized carbons (Fsp3) is 0.250. The van der Waals surface area contributed by atoms with Gasteiger partial charge >= 0.3 is 0 Å². The number of allylic oxidation sites excluding steroid dienone is 4. The first-order valence-corrected chi connectivity index (χ1v) is 3.12. The highest BCUT2D eigenvalue weighted by atomic mass is 16.2. The molecule has 1 aliphatic carbocycles. The highest BCUT2D eigenvalue weighted by Gasteiger charge is 1.97. The Labute approximate surface area is 70.8 Å². The van der Waals surface area contributed by atoms with E-state index in [4.69, 9.17) is 10.2 Å². The SMILES string of the molecule is CO.CO.O=C1C=CC(=O)C=C1. The topological polar surface area (TPSA) is 74.6 Å². The van der Waals surface area contributed by atoms with Crippen molar-refractivity contribution in [3.05, 3.63) is 24.3 Å². The lowest BCUT2D eigenvalue weighted by molar-refractivity contribution is -0.113. The van der Waals surface area contributed by atoms with Crippen LogP contribution in [0.4, 0.5) is 0 Å². The van der Waals surface area contributed by atoms with Gasteiger partial charge in [0.1, 0.15) is 0 Å². The molecule has 0 aromatic heterocycles. The van der Waals surface area contributed by atoms with Gasteiger partial charge in [-0.25, -0.2) is 0 Å². The Morgan fingerprint density at radius 3 is 1.08 bits per heavy atom. The summed E-state index contributed by atoms with van der Waals surface area (Å²) in [6.07, 6.45) is 5.01. The minimum Gasteiger partial charge on any atom is -0.400 e.